The van der Waals surface area contributed by atoms with Gasteiger partial charge < -0.3 is 45.0 Å². The summed E-state index contributed by atoms with van der Waals surface area (Å²) in [7, 11) is 1.64. The standard InChI is InChI=1S/C90H110N6O12.CH4/c1-62(2)20-18-21-63(3)78-47-48-79-77-46-35-70-59-76(51-53-88(70,4)80(77)52-54-89(78,79)5)105-57-19-55-91-83(97)49-50-84(98)94-82(58-64-31-40-74(41-32-64)106-60-65-22-10-7-11-23-65)86(100)95-81(85(99)93-71-36-29-66(30-37-71)61-107-87(101)108-75-44-38-72(39-45-75)96(102)103)28-16-17-56-92-90(67-24-12-8-13-25-67,68-26-14-9-15-27-68)69-33-42-73(104-6)43-34-69;/h7-15,22-27,29-45,62-63,76-82,92H,16-21,28,46-61H2,1-6H3,(H,91,97)(H,93,99)(H,94,98)(H,95,100);1H4/t63-,76+,77+,78-,79+,80+,81+,82+,88+,89-;/m1./s1. The van der Waals surface area contributed by atoms with Crippen molar-refractivity contribution in [2.45, 2.75) is 195 Å². The first-order valence-corrected chi connectivity index (χ1v) is 39.2. The number of fused-ring (bicyclic) bond motifs is 5. The van der Waals surface area contributed by atoms with Crippen LogP contribution in [0.5, 0.6) is 17.2 Å². The highest BCUT2D eigenvalue weighted by atomic mass is 16.7. The summed E-state index contributed by atoms with van der Waals surface area (Å²) in [5, 5.41) is 27.0. The molecule has 580 valence electrons. The topological polar surface area (TPSA) is 235 Å². The Morgan fingerprint density at radius 3 is 1.90 bits per heavy atom. The molecule has 7 aromatic rings. The summed E-state index contributed by atoms with van der Waals surface area (Å²) in [6.45, 7) is 14.1. The van der Waals surface area contributed by atoms with Crippen LogP contribution >= 0.6 is 0 Å². The quantitative estimate of drug-likeness (QED) is 0.00464. The van der Waals surface area contributed by atoms with Gasteiger partial charge >= 0.3 is 6.16 Å². The predicted octanol–water partition coefficient (Wildman–Crippen LogP) is 18.1. The van der Waals surface area contributed by atoms with Gasteiger partial charge in [0.25, 0.3) is 5.69 Å². The zero-order valence-electron chi connectivity index (χ0n) is 63.8. The molecule has 0 spiro atoms. The number of carbonyl (C=O) groups is 5. The molecule has 11 rings (SSSR count). The fraction of sp³-hybridized carbons (Fsp3) is 0.462. The molecule has 5 N–H and O–H groups in total. The van der Waals surface area contributed by atoms with Gasteiger partial charge in [-0.3, -0.25) is 34.6 Å². The molecule has 0 unspecified atom stereocenters. The van der Waals surface area contributed by atoms with Crippen LogP contribution < -0.4 is 40.8 Å². The van der Waals surface area contributed by atoms with E-state index in [9.17, 15) is 29.3 Å². The van der Waals surface area contributed by atoms with Crippen LogP contribution in [0.3, 0.4) is 0 Å². The summed E-state index contributed by atoms with van der Waals surface area (Å²) >= 11 is 0. The van der Waals surface area contributed by atoms with E-state index in [4.69, 9.17) is 23.7 Å². The lowest BCUT2D eigenvalue weighted by Crippen LogP contribution is -2.53. The zero-order chi connectivity index (χ0) is 76.1. The summed E-state index contributed by atoms with van der Waals surface area (Å²) in [6.07, 6.45) is 17.3. The molecule has 0 radical (unpaired) electrons. The van der Waals surface area contributed by atoms with Crippen molar-refractivity contribution in [2.24, 2.45) is 46.3 Å². The minimum Gasteiger partial charge on any atom is -0.497 e. The number of non-ortho nitro benzene ring substituents is 1. The maximum absolute atomic E-state index is 15.0. The van der Waals surface area contributed by atoms with Crippen molar-refractivity contribution in [2.75, 3.05) is 32.1 Å². The van der Waals surface area contributed by atoms with Gasteiger partial charge in [0.15, 0.2) is 0 Å². The van der Waals surface area contributed by atoms with Crippen LogP contribution in [0.2, 0.25) is 0 Å². The Kier molecular flexibility index (Phi) is 29.4. The van der Waals surface area contributed by atoms with E-state index >= 15 is 4.79 Å². The Morgan fingerprint density at radius 1 is 0.596 bits per heavy atom. The smallest absolute Gasteiger partial charge is 0.497 e. The second-order valence-electron chi connectivity index (χ2n) is 31.2. The largest absolute Gasteiger partial charge is 0.514 e. The molecule has 3 fully saturated rings. The summed E-state index contributed by atoms with van der Waals surface area (Å²) in [5.41, 5.74) is 7.06. The van der Waals surface area contributed by atoms with E-state index < -0.39 is 46.4 Å². The van der Waals surface area contributed by atoms with Crippen LogP contribution in [-0.4, -0.2) is 79.7 Å². The minimum atomic E-state index is -1.17. The predicted molar refractivity (Wildman–Crippen MR) is 428 cm³/mol. The first-order valence-electron chi connectivity index (χ1n) is 39.2. The number of nitro groups is 1. The number of unbranched alkanes of at least 4 members (excludes halogenated alkanes) is 1. The third kappa shape index (κ3) is 21.4. The number of benzene rings is 7. The molecule has 0 aliphatic heterocycles. The van der Waals surface area contributed by atoms with Gasteiger partial charge in [-0.2, -0.15) is 0 Å². The number of methoxy groups -OCH3 is 1. The van der Waals surface area contributed by atoms with Crippen molar-refractivity contribution in [1.82, 2.24) is 21.3 Å². The highest BCUT2D eigenvalue weighted by molar-refractivity contribution is 5.98. The number of hydrogen-bond acceptors (Lipinski definition) is 13. The number of nitro benzene ring substituents is 1. The van der Waals surface area contributed by atoms with Crippen molar-refractivity contribution in [3.8, 4) is 17.2 Å². The molecule has 0 bridgehead atoms. The number of amides is 4. The molecular formula is C91H114N6O12. The Hall–Kier alpha value is -9.65. The van der Waals surface area contributed by atoms with Crippen LogP contribution in [-0.2, 0) is 53.8 Å². The lowest BCUT2D eigenvalue weighted by atomic mass is 9.47. The van der Waals surface area contributed by atoms with Crippen LogP contribution in [0.4, 0.5) is 16.2 Å². The molecule has 7 aromatic carbocycles. The third-order valence-electron chi connectivity index (χ3n) is 23.8. The molecule has 109 heavy (non-hydrogen) atoms. The maximum atomic E-state index is 15.0. The van der Waals surface area contributed by atoms with Crippen LogP contribution in [0.25, 0.3) is 0 Å². The van der Waals surface area contributed by atoms with Crippen molar-refractivity contribution < 1.29 is 52.6 Å². The SMILES string of the molecule is C.COc1ccc(C(NCCCC[C@H](NC(=O)[C@H](Cc2ccc(OCc3ccccc3)cc2)NC(=O)CCC(=O)NCCCO[C@H]2CC[C@@]3(C)C(=CC[C@H]4[C@@H]5CC[C@H]([C@H](C)CCCC(C)C)[C@@]5(C)CC[C@@H]43)C2)C(=O)Nc2ccc(COC(=O)Oc3ccc([N+](=O)[O-])cc3)cc2)(c2ccccc2)c2ccccc2)cc1. The molecule has 0 heterocycles. The molecule has 18 nitrogen and oxygen atoms in total. The molecule has 0 aromatic heterocycles. The maximum Gasteiger partial charge on any atom is 0.514 e. The number of carbonyl (C=O) groups excluding carboxylic acids is 5. The van der Waals surface area contributed by atoms with Crippen molar-refractivity contribution >= 4 is 41.2 Å². The van der Waals surface area contributed by atoms with E-state index in [1.807, 2.05) is 103 Å². The third-order valence-corrected chi connectivity index (χ3v) is 23.8. The zero-order valence-corrected chi connectivity index (χ0v) is 63.8. The fourth-order valence-corrected chi connectivity index (χ4v) is 18.0. The molecule has 4 aliphatic carbocycles. The monoisotopic (exact) mass is 1480 g/mol. The highest BCUT2D eigenvalue weighted by Crippen LogP contribution is 2.67. The minimum absolute atomic E-state index is 0. The number of hydrogen-bond donors (Lipinski definition) is 5. The van der Waals surface area contributed by atoms with Crippen molar-refractivity contribution in [3.05, 3.63) is 243 Å². The van der Waals surface area contributed by atoms with Crippen molar-refractivity contribution in [1.29, 1.82) is 0 Å². The van der Waals surface area contributed by atoms with E-state index in [1.54, 1.807) is 36.9 Å². The van der Waals surface area contributed by atoms with Crippen LogP contribution in [0.15, 0.2) is 200 Å². The van der Waals surface area contributed by atoms with E-state index in [2.05, 4.69) is 104 Å². The lowest BCUT2D eigenvalue weighted by Gasteiger charge is -2.58. The second kappa shape index (κ2) is 39.1. The van der Waals surface area contributed by atoms with Crippen LogP contribution in [0, 0.1) is 56.5 Å². The van der Waals surface area contributed by atoms with E-state index in [0.29, 0.717) is 73.5 Å². The number of rotatable bonds is 37. The number of ether oxygens (including phenoxy) is 5. The first-order chi connectivity index (χ1) is 52.3. The number of nitrogens with zero attached hydrogens (tertiary/aromatic N) is 1. The molecule has 3 saturated carbocycles. The van der Waals surface area contributed by atoms with Gasteiger partial charge in [0, 0.05) is 50.2 Å². The molecule has 4 amide bonds. The van der Waals surface area contributed by atoms with Gasteiger partial charge in [-0.1, -0.05) is 200 Å². The fourth-order valence-electron chi connectivity index (χ4n) is 18.0. The Bertz CT molecular complexity index is 4070. The Morgan fingerprint density at radius 2 is 1.23 bits per heavy atom. The molecule has 18 heteroatoms. The first kappa shape index (κ1) is 81.9. The van der Waals surface area contributed by atoms with E-state index in [0.717, 1.165) is 82.8 Å². The van der Waals surface area contributed by atoms with Gasteiger partial charge in [-0.25, -0.2) is 4.79 Å². The molecule has 0 saturated heterocycles. The van der Waals surface area contributed by atoms with Crippen LogP contribution in [0.1, 0.15) is 185 Å². The van der Waals surface area contributed by atoms with Gasteiger partial charge in [0.05, 0.1) is 23.7 Å². The van der Waals surface area contributed by atoms with Gasteiger partial charge in [0.2, 0.25) is 23.6 Å². The summed E-state index contributed by atoms with van der Waals surface area (Å²) in [5.74, 6) is 4.28. The van der Waals surface area contributed by atoms with Crippen molar-refractivity contribution in [3.63, 3.8) is 0 Å². The number of anilines is 1. The summed E-state index contributed by atoms with van der Waals surface area (Å²) in [4.78, 5) is 80.5. The summed E-state index contributed by atoms with van der Waals surface area (Å²) in [6, 6.07) is 54.9. The van der Waals surface area contributed by atoms with Gasteiger partial charge in [0.1, 0.15) is 42.5 Å². The highest BCUT2D eigenvalue weighted by Gasteiger charge is 2.59. The average molecular weight is 1480 g/mol. The normalized spacial score (nSPS) is 20.7. The average Bonchev–Trinajstić information content (AvgIpc) is 1.66. The molecular weight excluding hydrogens is 1370 g/mol. The Labute approximate surface area is 645 Å². The van der Waals surface area contributed by atoms with E-state index in [1.165, 1.54) is 75.6 Å². The van der Waals surface area contributed by atoms with Gasteiger partial charge in [-0.05, 0) is 212 Å². The lowest BCUT2D eigenvalue weighted by molar-refractivity contribution is -0.384. The van der Waals surface area contributed by atoms with Gasteiger partial charge in [-0.15, -0.1) is 0 Å². The molecule has 10 atom stereocenters. The second-order valence-corrected chi connectivity index (χ2v) is 31.2. The van der Waals surface area contributed by atoms with E-state index in [-0.39, 0.29) is 68.6 Å². The number of allylic oxidation sites excluding steroid dienone is 1. The molecule has 4 aliphatic rings. The summed E-state index contributed by atoms with van der Waals surface area (Å²) < 4.78 is 28.8. The number of nitrogens with one attached hydrogen (secondary N) is 5. The Balaban J connectivity index is 0.0000127.